The second-order valence-electron chi connectivity index (χ2n) is 3.84. The summed E-state index contributed by atoms with van der Waals surface area (Å²) in [5.41, 5.74) is 2.39. The Labute approximate surface area is 105 Å². The van der Waals surface area contributed by atoms with Gasteiger partial charge in [-0.1, -0.05) is 0 Å². The molecule has 0 atom stereocenters. The molecule has 94 valence electrons. The maximum absolute atomic E-state index is 11.8. The molecule has 18 heavy (non-hydrogen) atoms. The molecular weight excluding hydrogens is 230 g/mol. The fourth-order valence-electron chi connectivity index (χ4n) is 1.66. The van der Waals surface area contributed by atoms with Crippen molar-refractivity contribution in [2.24, 2.45) is 0 Å². The molecule has 6 heteroatoms. The third-order valence-corrected chi connectivity index (χ3v) is 2.74. The zero-order valence-corrected chi connectivity index (χ0v) is 10.4. The van der Waals surface area contributed by atoms with Crippen LogP contribution in [0.15, 0.2) is 24.8 Å². The van der Waals surface area contributed by atoms with Gasteiger partial charge in [-0.15, -0.1) is 0 Å². The van der Waals surface area contributed by atoms with Crippen LogP contribution in [0.2, 0.25) is 0 Å². The first kappa shape index (κ1) is 12.2. The molecule has 0 fully saturated rings. The van der Waals surface area contributed by atoms with Crippen LogP contribution in [0.4, 0.5) is 0 Å². The summed E-state index contributed by atoms with van der Waals surface area (Å²) < 4.78 is 1.89. The molecule has 2 aromatic heterocycles. The molecule has 0 saturated heterocycles. The third-order valence-electron chi connectivity index (χ3n) is 2.74. The Morgan fingerprint density at radius 3 is 2.83 bits per heavy atom. The molecule has 2 rings (SSSR count). The van der Waals surface area contributed by atoms with E-state index in [-0.39, 0.29) is 5.91 Å². The highest BCUT2D eigenvalue weighted by atomic mass is 16.1. The molecule has 0 saturated carbocycles. The lowest BCUT2D eigenvalue weighted by Gasteiger charge is -2.04. The highest BCUT2D eigenvalue weighted by molar-refractivity contribution is 5.91. The molecule has 0 bridgehead atoms. The summed E-state index contributed by atoms with van der Waals surface area (Å²) in [5.74, 6) is -0.230. The van der Waals surface area contributed by atoms with Gasteiger partial charge in [0.15, 0.2) is 0 Å². The van der Waals surface area contributed by atoms with Crippen molar-refractivity contribution < 1.29 is 4.79 Å². The molecule has 0 spiro atoms. The minimum absolute atomic E-state index is 0.230. The molecule has 2 aromatic rings. The topological polar surface area (TPSA) is 72.7 Å². The maximum Gasteiger partial charge on any atom is 0.271 e. The molecular formula is C12H15N5O. The van der Waals surface area contributed by atoms with Gasteiger partial charge in [-0.2, -0.15) is 5.10 Å². The Morgan fingerprint density at radius 1 is 1.39 bits per heavy atom. The fourth-order valence-corrected chi connectivity index (χ4v) is 1.66. The largest absolute Gasteiger partial charge is 0.346 e. The lowest BCUT2D eigenvalue weighted by atomic mass is 10.2. The monoisotopic (exact) mass is 245 g/mol. The Kier molecular flexibility index (Phi) is 3.66. The summed E-state index contributed by atoms with van der Waals surface area (Å²) in [4.78, 5) is 19.6. The van der Waals surface area contributed by atoms with E-state index in [0.29, 0.717) is 12.2 Å². The number of aryl methyl sites for hydroxylation is 1. The first-order valence-electron chi connectivity index (χ1n) is 5.78. The van der Waals surface area contributed by atoms with E-state index < -0.39 is 0 Å². The maximum atomic E-state index is 11.8. The van der Waals surface area contributed by atoms with Crippen molar-refractivity contribution in [2.45, 2.75) is 26.9 Å². The highest BCUT2D eigenvalue weighted by Crippen LogP contribution is 2.06. The highest BCUT2D eigenvalue weighted by Gasteiger charge is 2.09. The van der Waals surface area contributed by atoms with Gasteiger partial charge in [-0.3, -0.25) is 14.5 Å². The number of carbonyl (C=O) groups excluding carboxylic acids is 1. The number of nitrogens with zero attached hydrogens (tertiary/aromatic N) is 4. The van der Waals surface area contributed by atoms with Crippen LogP contribution in [-0.4, -0.2) is 25.7 Å². The van der Waals surface area contributed by atoms with E-state index in [0.717, 1.165) is 17.8 Å². The predicted molar refractivity (Wildman–Crippen MR) is 65.8 cm³/mol. The predicted octanol–water partition coefficient (Wildman–Crippen LogP) is 0.931. The molecule has 0 aromatic carbocycles. The van der Waals surface area contributed by atoms with E-state index in [1.807, 2.05) is 18.5 Å². The zero-order valence-electron chi connectivity index (χ0n) is 10.4. The number of aromatic nitrogens is 4. The van der Waals surface area contributed by atoms with Crippen LogP contribution in [0.3, 0.4) is 0 Å². The molecule has 0 aliphatic rings. The van der Waals surface area contributed by atoms with Crippen molar-refractivity contribution in [3.05, 3.63) is 41.7 Å². The number of hydrogen-bond donors (Lipinski definition) is 1. The van der Waals surface area contributed by atoms with Crippen molar-refractivity contribution >= 4 is 5.91 Å². The van der Waals surface area contributed by atoms with Crippen molar-refractivity contribution in [1.29, 1.82) is 0 Å². The van der Waals surface area contributed by atoms with E-state index >= 15 is 0 Å². The normalized spacial score (nSPS) is 10.3. The lowest BCUT2D eigenvalue weighted by Crippen LogP contribution is -2.24. The van der Waals surface area contributed by atoms with Crippen LogP contribution in [-0.2, 0) is 13.1 Å². The van der Waals surface area contributed by atoms with Crippen molar-refractivity contribution in [3.8, 4) is 0 Å². The molecule has 1 N–H and O–H groups in total. The van der Waals surface area contributed by atoms with Crippen LogP contribution in [0.1, 0.15) is 28.7 Å². The standard InChI is InChI=1S/C12H15N5O/c1-3-17-9(2)10(7-16-17)6-15-12(18)11-8-13-4-5-14-11/h4-5,7-8H,3,6H2,1-2H3,(H,15,18). The summed E-state index contributed by atoms with van der Waals surface area (Å²) in [5, 5.41) is 7.02. The first-order chi connectivity index (χ1) is 8.72. The zero-order chi connectivity index (χ0) is 13.0. The number of carbonyl (C=O) groups is 1. The third kappa shape index (κ3) is 2.53. The van der Waals surface area contributed by atoms with E-state index in [1.165, 1.54) is 18.6 Å². The number of nitrogens with one attached hydrogen (secondary N) is 1. The average Bonchev–Trinajstić information content (AvgIpc) is 2.77. The van der Waals surface area contributed by atoms with Gasteiger partial charge in [0.05, 0.1) is 12.4 Å². The Hall–Kier alpha value is -2.24. The van der Waals surface area contributed by atoms with Crippen LogP contribution < -0.4 is 5.32 Å². The fraction of sp³-hybridized carbons (Fsp3) is 0.333. The van der Waals surface area contributed by atoms with Gasteiger partial charge in [0.25, 0.3) is 5.91 Å². The molecule has 0 unspecified atom stereocenters. The first-order valence-corrected chi connectivity index (χ1v) is 5.78. The van der Waals surface area contributed by atoms with E-state index in [4.69, 9.17) is 0 Å². The SMILES string of the molecule is CCn1ncc(CNC(=O)c2cnccn2)c1C. The number of rotatable bonds is 4. The van der Waals surface area contributed by atoms with Crippen LogP contribution in [0.25, 0.3) is 0 Å². The van der Waals surface area contributed by atoms with E-state index in [2.05, 4.69) is 20.4 Å². The van der Waals surface area contributed by atoms with Crippen molar-refractivity contribution in [1.82, 2.24) is 25.1 Å². The van der Waals surface area contributed by atoms with Gasteiger partial charge in [0, 0.05) is 36.7 Å². The molecule has 0 aliphatic carbocycles. The molecule has 0 aliphatic heterocycles. The molecule has 6 nitrogen and oxygen atoms in total. The Bertz CT molecular complexity index is 535. The average molecular weight is 245 g/mol. The van der Waals surface area contributed by atoms with E-state index in [1.54, 1.807) is 6.20 Å². The summed E-state index contributed by atoms with van der Waals surface area (Å²) in [7, 11) is 0. The van der Waals surface area contributed by atoms with Crippen LogP contribution in [0, 0.1) is 6.92 Å². The lowest BCUT2D eigenvalue weighted by molar-refractivity contribution is 0.0945. The summed E-state index contributed by atoms with van der Waals surface area (Å²) in [6, 6.07) is 0. The Morgan fingerprint density at radius 2 is 2.22 bits per heavy atom. The summed E-state index contributed by atoms with van der Waals surface area (Å²) in [6.07, 6.45) is 6.24. The van der Waals surface area contributed by atoms with Gasteiger partial charge in [0.1, 0.15) is 5.69 Å². The van der Waals surface area contributed by atoms with Gasteiger partial charge in [0.2, 0.25) is 0 Å². The minimum atomic E-state index is -0.230. The van der Waals surface area contributed by atoms with Gasteiger partial charge in [-0.05, 0) is 13.8 Å². The minimum Gasteiger partial charge on any atom is -0.346 e. The quantitative estimate of drug-likeness (QED) is 0.869. The van der Waals surface area contributed by atoms with Gasteiger partial charge in [-0.25, -0.2) is 4.98 Å². The molecule has 0 radical (unpaired) electrons. The van der Waals surface area contributed by atoms with E-state index in [9.17, 15) is 4.79 Å². The van der Waals surface area contributed by atoms with Crippen molar-refractivity contribution in [3.63, 3.8) is 0 Å². The molecule has 1 amide bonds. The summed E-state index contributed by atoms with van der Waals surface area (Å²) in [6.45, 7) is 5.29. The second-order valence-corrected chi connectivity index (χ2v) is 3.84. The number of hydrogen-bond acceptors (Lipinski definition) is 4. The van der Waals surface area contributed by atoms with Crippen LogP contribution in [0.5, 0.6) is 0 Å². The van der Waals surface area contributed by atoms with Crippen molar-refractivity contribution in [2.75, 3.05) is 0 Å². The summed E-state index contributed by atoms with van der Waals surface area (Å²) >= 11 is 0. The van der Waals surface area contributed by atoms with Gasteiger partial charge < -0.3 is 5.32 Å². The van der Waals surface area contributed by atoms with Crippen LogP contribution >= 0.6 is 0 Å². The van der Waals surface area contributed by atoms with Gasteiger partial charge >= 0.3 is 0 Å². The number of amides is 1. The Balaban J connectivity index is 2.00. The second kappa shape index (κ2) is 5.39. The smallest absolute Gasteiger partial charge is 0.271 e. The molecule has 2 heterocycles.